The van der Waals surface area contributed by atoms with Crippen LogP contribution in [0.25, 0.3) is 0 Å². The lowest BCUT2D eigenvalue weighted by Crippen LogP contribution is -2.41. The van der Waals surface area contributed by atoms with Crippen molar-refractivity contribution in [2.24, 2.45) is 0 Å². The second-order valence-corrected chi connectivity index (χ2v) is 7.44. The van der Waals surface area contributed by atoms with Gasteiger partial charge in [-0.05, 0) is 29.9 Å². The molecule has 1 aliphatic heterocycles. The topological polar surface area (TPSA) is 53.6 Å². The second-order valence-electron chi connectivity index (χ2n) is 6.88. The molecule has 1 saturated heterocycles. The fraction of sp³-hybridized carbons (Fsp3) is 0.400. The van der Waals surface area contributed by atoms with Crippen molar-refractivity contribution in [1.82, 2.24) is 4.57 Å². The number of rotatable bonds is 8. The van der Waals surface area contributed by atoms with Crippen LogP contribution in [0.5, 0.6) is 0 Å². The number of hydrogen-bond acceptors (Lipinski definition) is 4. The highest BCUT2D eigenvalue weighted by atomic mass is 79.9. The lowest BCUT2D eigenvalue weighted by Gasteiger charge is -2.20. The van der Waals surface area contributed by atoms with E-state index in [-0.39, 0.29) is 13.1 Å². The molecule has 0 atom stereocenters. The van der Waals surface area contributed by atoms with Crippen molar-refractivity contribution in [2.75, 3.05) is 19.8 Å². The van der Waals surface area contributed by atoms with E-state index in [9.17, 15) is 4.79 Å². The highest BCUT2D eigenvalue weighted by Gasteiger charge is 2.25. The molecule has 0 unspecified atom stereocenters. The number of carbonyl (C=O) groups excluding carboxylic acids is 1. The SMILES string of the molecule is C=C(C)C(=O)OCCn1cc[n+](Cc2cc(CBr)cc(B3OCCCO3)c2)c1. The molecule has 0 aliphatic carbocycles. The third kappa shape index (κ3) is 5.80. The van der Waals surface area contributed by atoms with Crippen molar-refractivity contribution in [3.8, 4) is 0 Å². The predicted molar refractivity (Wildman–Crippen MR) is 110 cm³/mol. The van der Waals surface area contributed by atoms with E-state index in [1.54, 1.807) is 6.92 Å². The predicted octanol–water partition coefficient (Wildman–Crippen LogP) is 1.97. The molecule has 6 nitrogen and oxygen atoms in total. The summed E-state index contributed by atoms with van der Waals surface area (Å²) in [6.45, 7) is 8.33. The Labute approximate surface area is 174 Å². The first-order chi connectivity index (χ1) is 13.5. The van der Waals surface area contributed by atoms with Crippen LogP contribution in [0, 0.1) is 0 Å². The van der Waals surface area contributed by atoms with Crippen LogP contribution in [0.1, 0.15) is 24.5 Å². The minimum absolute atomic E-state index is 0.288. The Morgan fingerprint density at radius 3 is 2.79 bits per heavy atom. The molecule has 148 valence electrons. The maximum atomic E-state index is 11.4. The Bertz CT molecular complexity index is 833. The summed E-state index contributed by atoms with van der Waals surface area (Å²) >= 11 is 3.55. The molecule has 0 saturated carbocycles. The van der Waals surface area contributed by atoms with Gasteiger partial charge in [-0.3, -0.25) is 0 Å². The van der Waals surface area contributed by atoms with Crippen molar-refractivity contribution >= 4 is 34.5 Å². The van der Waals surface area contributed by atoms with Crippen LogP contribution in [0.15, 0.2) is 49.1 Å². The minimum atomic E-state index is -0.355. The van der Waals surface area contributed by atoms with E-state index in [4.69, 9.17) is 14.0 Å². The molecule has 28 heavy (non-hydrogen) atoms. The molecule has 1 aliphatic rings. The van der Waals surface area contributed by atoms with Crippen LogP contribution in [0.3, 0.4) is 0 Å². The second kappa shape index (κ2) is 10.0. The van der Waals surface area contributed by atoms with E-state index >= 15 is 0 Å². The lowest BCUT2D eigenvalue weighted by atomic mass is 9.76. The van der Waals surface area contributed by atoms with E-state index < -0.39 is 0 Å². The summed E-state index contributed by atoms with van der Waals surface area (Å²) in [4.78, 5) is 11.4. The Balaban J connectivity index is 1.64. The lowest BCUT2D eigenvalue weighted by molar-refractivity contribution is -0.687. The normalized spacial score (nSPS) is 14.1. The molecule has 0 bridgehead atoms. The van der Waals surface area contributed by atoms with Crippen LogP contribution in [0.2, 0.25) is 0 Å². The van der Waals surface area contributed by atoms with Gasteiger partial charge in [0, 0.05) is 24.1 Å². The quantitative estimate of drug-likeness (QED) is 0.204. The van der Waals surface area contributed by atoms with Gasteiger partial charge in [-0.25, -0.2) is 13.9 Å². The zero-order valence-corrected chi connectivity index (χ0v) is 17.7. The van der Waals surface area contributed by atoms with Crippen LogP contribution in [-0.4, -0.2) is 37.5 Å². The van der Waals surface area contributed by atoms with Crippen molar-refractivity contribution in [3.05, 3.63) is 60.2 Å². The Kier molecular flexibility index (Phi) is 7.47. The van der Waals surface area contributed by atoms with Crippen LogP contribution in [-0.2, 0) is 37.3 Å². The van der Waals surface area contributed by atoms with Gasteiger partial charge in [0.2, 0.25) is 6.33 Å². The van der Waals surface area contributed by atoms with E-state index in [0.717, 1.165) is 37.0 Å². The number of carbonyl (C=O) groups is 1. The summed E-state index contributed by atoms with van der Waals surface area (Å²) in [5.41, 5.74) is 3.84. The average Bonchev–Trinajstić information content (AvgIpc) is 3.15. The Morgan fingerprint density at radius 2 is 2.07 bits per heavy atom. The third-order valence-electron chi connectivity index (χ3n) is 4.37. The Morgan fingerprint density at radius 1 is 1.32 bits per heavy atom. The number of hydrogen-bond donors (Lipinski definition) is 0. The van der Waals surface area contributed by atoms with Gasteiger partial charge in [-0.15, -0.1) is 0 Å². The molecule has 0 N–H and O–H groups in total. The summed E-state index contributed by atoms with van der Waals surface area (Å²) in [7, 11) is -0.288. The average molecular weight is 448 g/mol. The van der Waals surface area contributed by atoms with E-state index in [1.165, 1.54) is 11.1 Å². The molecule has 0 radical (unpaired) electrons. The molecule has 1 fully saturated rings. The third-order valence-corrected chi connectivity index (χ3v) is 5.02. The first kappa shape index (κ1) is 20.8. The molecular weight excluding hydrogens is 423 g/mol. The molecule has 0 spiro atoms. The zero-order valence-electron chi connectivity index (χ0n) is 16.1. The molecule has 3 rings (SSSR count). The minimum Gasteiger partial charge on any atom is -0.458 e. The van der Waals surface area contributed by atoms with Gasteiger partial charge in [-0.1, -0.05) is 40.7 Å². The summed E-state index contributed by atoms with van der Waals surface area (Å²) in [5, 5.41) is 0.778. The molecule has 1 aromatic heterocycles. The van der Waals surface area contributed by atoms with Gasteiger partial charge in [0.1, 0.15) is 32.1 Å². The number of benzene rings is 1. The fourth-order valence-corrected chi connectivity index (χ4v) is 3.34. The molecule has 2 heterocycles. The molecule has 8 heteroatoms. The van der Waals surface area contributed by atoms with Crippen molar-refractivity contribution in [3.63, 3.8) is 0 Å². The van der Waals surface area contributed by atoms with Gasteiger partial charge in [0.25, 0.3) is 0 Å². The monoisotopic (exact) mass is 447 g/mol. The summed E-state index contributed by atoms with van der Waals surface area (Å²) < 4.78 is 20.8. The van der Waals surface area contributed by atoms with E-state index in [2.05, 4.69) is 45.3 Å². The zero-order chi connectivity index (χ0) is 19.9. The summed E-state index contributed by atoms with van der Waals surface area (Å²) in [5.74, 6) is -0.355. The van der Waals surface area contributed by atoms with Crippen LogP contribution >= 0.6 is 15.9 Å². The van der Waals surface area contributed by atoms with Gasteiger partial charge in [-0.2, -0.15) is 0 Å². The molecular formula is C20H25BBrN2O4+. The first-order valence-corrected chi connectivity index (χ1v) is 10.5. The van der Waals surface area contributed by atoms with Crippen molar-refractivity contribution in [2.45, 2.75) is 31.8 Å². The van der Waals surface area contributed by atoms with Gasteiger partial charge >= 0.3 is 13.1 Å². The standard InChI is InChI=1S/C20H25BBrN2O4/c1-16(2)20(25)26-9-6-23-4-5-24(15-23)14-18-10-17(13-22)11-19(12-18)21-27-7-3-8-28-21/h4-5,10-12,15H,1,3,6-9,13-14H2,2H3/q+1. The van der Waals surface area contributed by atoms with Crippen molar-refractivity contribution in [1.29, 1.82) is 0 Å². The first-order valence-electron chi connectivity index (χ1n) is 9.34. The van der Waals surface area contributed by atoms with Crippen LogP contribution in [0.4, 0.5) is 0 Å². The number of esters is 1. The number of nitrogens with zero attached hydrogens (tertiary/aromatic N) is 2. The largest absolute Gasteiger partial charge is 0.493 e. The Hall–Kier alpha value is -1.90. The number of alkyl halides is 1. The molecule has 0 amide bonds. The fourth-order valence-electron chi connectivity index (χ4n) is 3.02. The smallest absolute Gasteiger partial charge is 0.458 e. The van der Waals surface area contributed by atoms with E-state index in [0.29, 0.717) is 18.7 Å². The summed E-state index contributed by atoms with van der Waals surface area (Å²) in [6, 6.07) is 6.45. The maximum absolute atomic E-state index is 11.4. The number of halogens is 1. The highest BCUT2D eigenvalue weighted by molar-refractivity contribution is 9.08. The maximum Gasteiger partial charge on any atom is 0.493 e. The number of imidazole rings is 1. The number of aromatic nitrogens is 2. The molecule has 2 aromatic rings. The van der Waals surface area contributed by atoms with Gasteiger partial charge in [0.05, 0.1) is 0 Å². The van der Waals surface area contributed by atoms with Crippen molar-refractivity contribution < 1.29 is 23.4 Å². The summed E-state index contributed by atoms with van der Waals surface area (Å²) in [6.07, 6.45) is 6.92. The van der Waals surface area contributed by atoms with Gasteiger partial charge in [0.15, 0.2) is 0 Å². The number of ether oxygens (including phenoxy) is 1. The van der Waals surface area contributed by atoms with Gasteiger partial charge < -0.3 is 14.0 Å². The molecule has 1 aromatic carbocycles. The highest BCUT2D eigenvalue weighted by Crippen LogP contribution is 2.11. The van der Waals surface area contributed by atoms with E-state index in [1.807, 2.05) is 23.3 Å². The van der Waals surface area contributed by atoms with Crippen LogP contribution < -0.4 is 10.0 Å².